The standard InChI is InChI=1S/C6H13BINO2S/c1-5(10)4-6(11)9-2-3-12-7-8/h5,7,10H,2-4H2,1H3,(H,9,11)/t5-/m1/s1. The monoisotopic (exact) mass is 301 g/mol. The molecule has 0 aliphatic rings. The van der Waals surface area contributed by atoms with Crippen LogP contribution >= 0.6 is 34.0 Å². The van der Waals surface area contributed by atoms with Crippen LogP contribution in [-0.2, 0) is 4.79 Å². The van der Waals surface area contributed by atoms with Crippen LogP contribution in [-0.4, -0.2) is 33.8 Å². The quantitative estimate of drug-likeness (QED) is 0.422. The van der Waals surface area contributed by atoms with Gasteiger partial charge in [-0.25, -0.2) is 0 Å². The average molecular weight is 301 g/mol. The zero-order chi connectivity index (χ0) is 9.40. The molecular weight excluding hydrogens is 288 g/mol. The average Bonchev–Trinajstić information content (AvgIpc) is 1.97. The summed E-state index contributed by atoms with van der Waals surface area (Å²) in [5.41, 5.74) is 0. The third-order valence-corrected chi connectivity index (χ3v) is 3.09. The summed E-state index contributed by atoms with van der Waals surface area (Å²) in [5.74, 6) is 0.869. The zero-order valence-corrected chi connectivity index (χ0v) is 10.0. The number of hydrogen-bond acceptors (Lipinski definition) is 3. The minimum Gasteiger partial charge on any atom is -0.393 e. The first kappa shape index (κ1) is 12.6. The number of rotatable bonds is 6. The largest absolute Gasteiger partial charge is 0.393 e. The molecule has 0 fully saturated rings. The lowest BCUT2D eigenvalue weighted by Crippen LogP contribution is -2.28. The molecule has 1 amide bonds. The Kier molecular flexibility index (Phi) is 8.58. The zero-order valence-electron chi connectivity index (χ0n) is 7.05. The number of aliphatic hydroxyl groups is 1. The summed E-state index contributed by atoms with van der Waals surface area (Å²) >= 11 is 4.05. The number of carbonyl (C=O) groups excluding carboxylic acids is 1. The van der Waals surface area contributed by atoms with Gasteiger partial charge in [0, 0.05) is 12.3 Å². The van der Waals surface area contributed by atoms with Crippen LogP contribution < -0.4 is 5.32 Å². The second kappa shape index (κ2) is 8.19. The smallest absolute Gasteiger partial charge is 0.264 e. The third kappa shape index (κ3) is 8.67. The maximum Gasteiger partial charge on any atom is 0.264 e. The molecule has 0 unspecified atom stereocenters. The molecule has 70 valence electrons. The van der Waals surface area contributed by atoms with E-state index < -0.39 is 6.10 Å². The Bertz CT molecular complexity index is 137. The van der Waals surface area contributed by atoms with E-state index in [0.717, 1.165) is 10.2 Å². The fourth-order valence-corrected chi connectivity index (χ4v) is 1.95. The van der Waals surface area contributed by atoms with Gasteiger partial charge in [0.05, 0.1) is 12.5 Å². The number of aliphatic hydroxyl groups excluding tert-OH is 1. The Morgan fingerprint density at radius 2 is 2.50 bits per heavy atom. The van der Waals surface area contributed by atoms with Crippen molar-refractivity contribution in [2.45, 2.75) is 19.4 Å². The predicted octanol–water partition coefficient (Wildman–Crippen LogP) is 0.308. The van der Waals surface area contributed by atoms with E-state index >= 15 is 0 Å². The van der Waals surface area contributed by atoms with E-state index in [1.807, 2.05) is 0 Å². The van der Waals surface area contributed by atoms with E-state index in [9.17, 15) is 4.79 Å². The molecule has 0 saturated carbocycles. The van der Waals surface area contributed by atoms with Gasteiger partial charge in [-0.15, -0.1) is 22.4 Å². The van der Waals surface area contributed by atoms with Crippen molar-refractivity contribution in [1.29, 1.82) is 0 Å². The summed E-state index contributed by atoms with van der Waals surface area (Å²) in [4.78, 5) is 10.9. The molecule has 6 heteroatoms. The summed E-state index contributed by atoms with van der Waals surface area (Å²) in [5, 5.41) is 11.6. The molecule has 0 aliphatic carbocycles. The molecule has 2 N–H and O–H groups in total. The van der Waals surface area contributed by atoms with Crippen LogP contribution in [0.5, 0.6) is 0 Å². The fourth-order valence-electron chi connectivity index (χ4n) is 0.658. The first-order chi connectivity index (χ1) is 5.66. The van der Waals surface area contributed by atoms with Crippen molar-refractivity contribution in [1.82, 2.24) is 5.32 Å². The van der Waals surface area contributed by atoms with Crippen LogP contribution in [0.2, 0.25) is 0 Å². The van der Waals surface area contributed by atoms with Crippen LogP contribution in [0.1, 0.15) is 13.3 Å². The highest BCUT2D eigenvalue weighted by Crippen LogP contribution is 1.99. The minimum absolute atomic E-state index is 0.0703. The highest BCUT2D eigenvalue weighted by Gasteiger charge is 2.03. The summed E-state index contributed by atoms with van der Waals surface area (Å²) in [7, 11) is 0. The molecule has 0 heterocycles. The molecule has 1 atom stereocenters. The number of carbonyl (C=O) groups is 1. The molecule has 0 radical (unpaired) electrons. The lowest BCUT2D eigenvalue weighted by molar-refractivity contribution is -0.122. The van der Waals surface area contributed by atoms with Gasteiger partial charge in [-0.3, -0.25) is 4.79 Å². The molecule has 0 aromatic carbocycles. The SMILES string of the molecule is C[C@@H](O)CC(=O)NCCSBI. The maximum atomic E-state index is 10.9. The van der Waals surface area contributed by atoms with Gasteiger partial charge in [0.2, 0.25) is 5.91 Å². The summed E-state index contributed by atoms with van der Waals surface area (Å²) in [6.45, 7) is 2.30. The van der Waals surface area contributed by atoms with Crippen molar-refractivity contribution in [2.75, 3.05) is 12.3 Å². The fraction of sp³-hybridized carbons (Fsp3) is 0.833. The highest BCUT2D eigenvalue weighted by atomic mass is 127. The summed E-state index contributed by atoms with van der Waals surface area (Å²) in [6.07, 6.45) is -0.336. The first-order valence-electron chi connectivity index (χ1n) is 3.75. The van der Waals surface area contributed by atoms with Crippen LogP contribution in [0.4, 0.5) is 0 Å². The molecule has 0 aromatic rings. The Balaban J connectivity index is 3.20. The van der Waals surface area contributed by atoms with Gasteiger partial charge in [0.1, 0.15) is 0 Å². The lowest BCUT2D eigenvalue weighted by Gasteiger charge is -2.05. The normalized spacial score (nSPS) is 12.2. The summed E-state index contributed by atoms with van der Waals surface area (Å²) in [6, 6.07) is 0. The minimum atomic E-state index is -0.540. The van der Waals surface area contributed by atoms with Gasteiger partial charge in [0.15, 0.2) is 0 Å². The van der Waals surface area contributed by atoms with Crippen LogP contribution in [0.25, 0.3) is 0 Å². The van der Waals surface area contributed by atoms with Crippen molar-refractivity contribution in [2.24, 2.45) is 0 Å². The molecule has 0 aliphatic heterocycles. The van der Waals surface area contributed by atoms with Crippen LogP contribution in [0.3, 0.4) is 0 Å². The molecule has 0 bridgehead atoms. The van der Waals surface area contributed by atoms with Gasteiger partial charge in [0.25, 0.3) is 4.41 Å². The highest BCUT2D eigenvalue weighted by molar-refractivity contribution is 14.1. The van der Waals surface area contributed by atoms with Gasteiger partial charge < -0.3 is 10.4 Å². The van der Waals surface area contributed by atoms with Crippen molar-refractivity contribution in [3.8, 4) is 0 Å². The van der Waals surface area contributed by atoms with Gasteiger partial charge in [-0.2, -0.15) is 11.6 Å². The molecule has 0 spiro atoms. The number of hydrogen-bond donors (Lipinski definition) is 2. The molecular formula is C6H13BINO2S. The van der Waals surface area contributed by atoms with E-state index in [1.165, 1.54) is 0 Å². The second-order valence-electron chi connectivity index (χ2n) is 2.42. The third-order valence-electron chi connectivity index (χ3n) is 1.13. The van der Waals surface area contributed by atoms with E-state index in [1.54, 1.807) is 18.5 Å². The van der Waals surface area contributed by atoms with E-state index in [0.29, 0.717) is 6.54 Å². The first-order valence-corrected chi connectivity index (χ1v) is 6.43. The second-order valence-corrected chi connectivity index (χ2v) is 5.32. The van der Waals surface area contributed by atoms with Gasteiger partial charge in [-0.1, -0.05) is 0 Å². The maximum absolute atomic E-state index is 10.9. The topological polar surface area (TPSA) is 49.3 Å². The number of amides is 1. The molecule has 3 nitrogen and oxygen atoms in total. The predicted molar refractivity (Wildman–Crippen MR) is 62.9 cm³/mol. The van der Waals surface area contributed by atoms with Crippen molar-refractivity contribution in [3.05, 3.63) is 0 Å². The molecule has 0 saturated heterocycles. The Morgan fingerprint density at radius 1 is 1.83 bits per heavy atom. The number of halogens is 1. The number of nitrogens with one attached hydrogen (secondary N) is 1. The van der Waals surface area contributed by atoms with Crippen molar-refractivity contribution in [3.63, 3.8) is 0 Å². The van der Waals surface area contributed by atoms with Crippen LogP contribution in [0, 0.1) is 0 Å². The Morgan fingerprint density at radius 3 is 3.00 bits per heavy atom. The summed E-state index contributed by atoms with van der Waals surface area (Å²) < 4.78 is 1.05. The van der Waals surface area contributed by atoms with Gasteiger partial charge in [-0.05, 0) is 6.92 Å². The van der Waals surface area contributed by atoms with Crippen molar-refractivity contribution < 1.29 is 9.90 Å². The van der Waals surface area contributed by atoms with Gasteiger partial charge >= 0.3 is 0 Å². The Hall–Kier alpha value is 0.575. The van der Waals surface area contributed by atoms with E-state index in [-0.39, 0.29) is 12.3 Å². The molecule has 12 heavy (non-hydrogen) atoms. The Labute approximate surface area is 91.1 Å². The van der Waals surface area contributed by atoms with Crippen LogP contribution in [0.15, 0.2) is 0 Å². The lowest BCUT2D eigenvalue weighted by atomic mass is 10.3. The van der Waals surface area contributed by atoms with Crippen molar-refractivity contribution >= 4 is 44.3 Å². The van der Waals surface area contributed by atoms with E-state index in [4.69, 9.17) is 5.11 Å². The van der Waals surface area contributed by atoms with E-state index in [2.05, 4.69) is 27.7 Å². The molecule has 0 aromatic heterocycles. The molecule has 0 rings (SSSR count).